The number of carbonyl (C=O) groups excluding carboxylic acids is 2. The van der Waals surface area contributed by atoms with Crippen molar-refractivity contribution >= 4 is 23.2 Å². The molecule has 0 radical (unpaired) electrons. The van der Waals surface area contributed by atoms with E-state index in [1.54, 1.807) is 11.3 Å². The minimum absolute atomic E-state index is 0.0474. The van der Waals surface area contributed by atoms with Gasteiger partial charge in [-0.15, -0.1) is 11.3 Å². The van der Waals surface area contributed by atoms with Crippen molar-refractivity contribution in [3.05, 3.63) is 57.3 Å². The second kappa shape index (κ2) is 8.19. The molecule has 2 amide bonds. The molecule has 1 unspecified atom stereocenters. The van der Waals surface area contributed by atoms with Gasteiger partial charge in [0.15, 0.2) is 0 Å². The Bertz CT molecular complexity index is 1110. The van der Waals surface area contributed by atoms with E-state index >= 15 is 0 Å². The highest BCUT2D eigenvalue weighted by molar-refractivity contribution is 7.10. The molecule has 1 aromatic carbocycles. The molecule has 5 saturated carbocycles. The maximum absolute atomic E-state index is 14.2. The van der Waals surface area contributed by atoms with E-state index in [9.17, 15) is 9.59 Å². The van der Waals surface area contributed by atoms with Crippen LogP contribution >= 0.6 is 11.3 Å². The minimum atomic E-state index is -0.170. The summed E-state index contributed by atoms with van der Waals surface area (Å²) in [6.45, 7) is 3.09. The van der Waals surface area contributed by atoms with Gasteiger partial charge in [-0.05, 0) is 105 Å². The van der Waals surface area contributed by atoms with Gasteiger partial charge in [0.05, 0.1) is 11.5 Å². The number of amides is 2. The molecular weight excluding hydrogens is 452 g/mol. The third-order valence-electron chi connectivity index (χ3n) is 9.73. The van der Waals surface area contributed by atoms with E-state index in [1.165, 1.54) is 40.8 Å². The molecule has 2 aromatic rings. The second-order valence-corrected chi connectivity index (χ2v) is 13.3. The number of aryl methyl sites for hydroxylation is 1. The molecule has 1 aliphatic heterocycles. The summed E-state index contributed by atoms with van der Waals surface area (Å²) in [6.07, 6.45) is 10.3. The Kier molecular flexibility index (Phi) is 5.17. The molecule has 1 atom stereocenters. The van der Waals surface area contributed by atoms with Gasteiger partial charge in [0.25, 0.3) is 0 Å². The summed E-state index contributed by atoms with van der Waals surface area (Å²) in [5, 5.41) is 2.16. The summed E-state index contributed by atoms with van der Waals surface area (Å²) in [5.41, 5.74) is 3.50. The van der Waals surface area contributed by atoms with E-state index in [-0.39, 0.29) is 30.0 Å². The Balaban J connectivity index is 1.16. The van der Waals surface area contributed by atoms with Gasteiger partial charge in [-0.3, -0.25) is 9.59 Å². The molecule has 0 saturated heterocycles. The molecule has 6 aliphatic rings. The van der Waals surface area contributed by atoms with Crippen LogP contribution in [0.4, 0.5) is 0 Å². The zero-order valence-electron chi connectivity index (χ0n) is 20.7. The van der Waals surface area contributed by atoms with Gasteiger partial charge in [-0.25, -0.2) is 0 Å². The standard InChI is InChI=1S/C30H36N2O2S/c1-19-2-4-23(5-3-19)28-25-9-11-35-26(25)8-10-31(28)27(33)18-32(24-6-7-24)29(34)30-15-20-12-21(16-30)14-22(13-20)17-30/h2-5,9,11,20-22,24,28H,6-8,10,12-18H2,1H3. The number of hydrogen-bond donors (Lipinski definition) is 0. The van der Waals surface area contributed by atoms with Crippen molar-refractivity contribution in [2.75, 3.05) is 13.1 Å². The van der Waals surface area contributed by atoms with E-state index in [4.69, 9.17) is 0 Å². The number of carbonyl (C=O) groups is 2. The largest absolute Gasteiger partial charge is 0.330 e. The normalized spacial score (nSPS) is 33.0. The zero-order chi connectivity index (χ0) is 23.7. The van der Waals surface area contributed by atoms with E-state index in [0.717, 1.165) is 62.8 Å². The first kappa shape index (κ1) is 22.1. The van der Waals surface area contributed by atoms with Crippen LogP contribution in [0.25, 0.3) is 0 Å². The van der Waals surface area contributed by atoms with Crippen molar-refractivity contribution in [1.82, 2.24) is 9.80 Å². The molecule has 5 fully saturated rings. The third-order valence-corrected chi connectivity index (χ3v) is 10.7. The van der Waals surface area contributed by atoms with Crippen LogP contribution in [0.1, 0.15) is 79.0 Å². The summed E-state index contributed by atoms with van der Waals surface area (Å²) in [7, 11) is 0. The maximum Gasteiger partial charge on any atom is 0.243 e. The van der Waals surface area contributed by atoms with E-state index in [0.29, 0.717) is 5.91 Å². The molecule has 4 bridgehead atoms. The molecule has 0 spiro atoms. The summed E-state index contributed by atoms with van der Waals surface area (Å²) in [5.74, 6) is 2.68. The highest BCUT2D eigenvalue weighted by atomic mass is 32.1. The fourth-order valence-corrected chi connectivity index (χ4v) is 9.26. The molecule has 4 nitrogen and oxygen atoms in total. The van der Waals surface area contributed by atoms with Gasteiger partial charge in [0.2, 0.25) is 11.8 Å². The Labute approximate surface area is 212 Å². The van der Waals surface area contributed by atoms with Gasteiger partial charge in [-0.2, -0.15) is 0 Å². The van der Waals surface area contributed by atoms with Gasteiger partial charge in [0, 0.05) is 17.5 Å². The summed E-state index contributed by atoms with van der Waals surface area (Å²) >= 11 is 1.80. The maximum atomic E-state index is 14.2. The minimum Gasteiger partial charge on any atom is -0.330 e. The molecule has 5 heteroatoms. The first-order chi connectivity index (χ1) is 17.0. The highest BCUT2D eigenvalue weighted by Gasteiger charge is 2.57. The third kappa shape index (κ3) is 3.77. The molecule has 0 N–H and O–H groups in total. The monoisotopic (exact) mass is 488 g/mol. The van der Waals surface area contributed by atoms with Crippen molar-refractivity contribution in [1.29, 1.82) is 0 Å². The number of benzene rings is 1. The van der Waals surface area contributed by atoms with Crippen LogP contribution in [0, 0.1) is 30.1 Å². The summed E-state index contributed by atoms with van der Waals surface area (Å²) in [4.78, 5) is 33.7. The van der Waals surface area contributed by atoms with Gasteiger partial charge < -0.3 is 9.80 Å². The quantitative estimate of drug-likeness (QED) is 0.539. The van der Waals surface area contributed by atoms with Gasteiger partial charge >= 0.3 is 0 Å². The van der Waals surface area contributed by atoms with Crippen LogP contribution in [0.5, 0.6) is 0 Å². The summed E-state index contributed by atoms with van der Waals surface area (Å²) in [6, 6.07) is 11.1. The van der Waals surface area contributed by atoms with Crippen LogP contribution in [0.15, 0.2) is 35.7 Å². The van der Waals surface area contributed by atoms with E-state index in [1.807, 2.05) is 4.90 Å². The number of rotatable bonds is 5. The highest BCUT2D eigenvalue weighted by Crippen LogP contribution is 2.61. The van der Waals surface area contributed by atoms with Crippen molar-refractivity contribution in [3.63, 3.8) is 0 Å². The van der Waals surface area contributed by atoms with Crippen molar-refractivity contribution in [3.8, 4) is 0 Å². The van der Waals surface area contributed by atoms with Crippen molar-refractivity contribution in [2.45, 2.75) is 76.8 Å². The fraction of sp³-hybridized carbons (Fsp3) is 0.600. The van der Waals surface area contributed by atoms with Crippen LogP contribution in [0.3, 0.4) is 0 Å². The van der Waals surface area contributed by atoms with Crippen LogP contribution in [-0.4, -0.2) is 40.7 Å². The molecule has 1 aromatic heterocycles. The lowest BCUT2D eigenvalue weighted by molar-refractivity contribution is -0.161. The number of thiophene rings is 1. The van der Waals surface area contributed by atoms with E-state index < -0.39 is 0 Å². The second-order valence-electron chi connectivity index (χ2n) is 12.3. The van der Waals surface area contributed by atoms with Crippen LogP contribution in [0.2, 0.25) is 0 Å². The summed E-state index contributed by atoms with van der Waals surface area (Å²) < 4.78 is 0. The fourth-order valence-electron chi connectivity index (χ4n) is 8.36. The lowest BCUT2D eigenvalue weighted by atomic mass is 9.49. The van der Waals surface area contributed by atoms with Gasteiger partial charge in [-0.1, -0.05) is 29.8 Å². The van der Waals surface area contributed by atoms with Gasteiger partial charge in [0.1, 0.15) is 6.54 Å². The smallest absolute Gasteiger partial charge is 0.243 e. The average molecular weight is 489 g/mol. The molecule has 2 heterocycles. The molecule has 5 aliphatic carbocycles. The molecule has 8 rings (SSSR count). The Hall–Kier alpha value is -2.14. The number of nitrogens with zero attached hydrogens (tertiary/aromatic N) is 2. The first-order valence-corrected chi connectivity index (χ1v) is 14.6. The molecule has 35 heavy (non-hydrogen) atoms. The number of hydrogen-bond acceptors (Lipinski definition) is 3. The lowest BCUT2D eigenvalue weighted by Gasteiger charge is -2.56. The van der Waals surface area contributed by atoms with Crippen LogP contribution in [-0.2, 0) is 16.0 Å². The zero-order valence-corrected chi connectivity index (χ0v) is 21.6. The number of fused-ring (bicyclic) bond motifs is 1. The predicted molar refractivity (Wildman–Crippen MR) is 138 cm³/mol. The predicted octanol–water partition coefficient (Wildman–Crippen LogP) is 5.74. The first-order valence-electron chi connectivity index (χ1n) is 13.7. The Morgan fingerprint density at radius 2 is 1.66 bits per heavy atom. The average Bonchev–Trinajstić information content (AvgIpc) is 3.57. The van der Waals surface area contributed by atoms with Crippen molar-refractivity contribution in [2.24, 2.45) is 23.2 Å². The Morgan fingerprint density at radius 1 is 1.00 bits per heavy atom. The van der Waals surface area contributed by atoms with E-state index in [2.05, 4.69) is 47.5 Å². The molecular formula is C30H36N2O2S. The van der Waals surface area contributed by atoms with Crippen molar-refractivity contribution < 1.29 is 9.59 Å². The Morgan fingerprint density at radius 3 is 2.29 bits per heavy atom. The lowest BCUT2D eigenvalue weighted by Crippen LogP contribution is -2.57. The topological polar surface area (TPSA) is 40.6 Å². The van der Waals surface area contributed by atoms with Crippen LogP contribution < -0.4 is 0 Å². The SMILES string of the molecule is Cc1ccc(C2c3ccsc3CCN2C(=O)CN(C(=O)C23CC4CC(CC(C4)C2)C3)C2CC2)cc1. The molecule has 184 valence electrons.